The summed E-state index contributed by atoms with van der Waals surface area (Å²) in [5.74, 6) is 1.09. The maximum Gasteiger partial charge on any atom is 0.325 e. The summed E-state index contributed by atoms with van der Waals surface area (Å²) in [4.78, 5) is 24.2. The Hall–Kier alpha value is -0.710. The average molecular weight is 247 g/mol. The van der Waals surface area contributed by atoms with Crippen LogP contribution in [0.3, 0.4) is 0 Å². The Morgan fingerprint density at radius 3 is 2.50 bits per heavy atom. The summed E-state index contributed by atoms with van der Waals surface area (Å²) in [5.41, 5.74) is 0. The monoisotopic (exact) mass is 247 g/mol. The van der Waals surface area contributed by atoms with Gasteiger partial charge in [-0.25, -0.2) is 0 Å². The normalized spacial score (nSPS) is 9.94. The first-order valence-electron chi connectivity index (χ1n) is 5.58. The Morgan fingerprint density at radius 1 is 1.31 bits per heavy atom. The molecule has 0 aliphatic carbocycles. The lowest BCUT2D eigenvalue weighted by Crippen LogP contribution is -2.37. The quantitative estimate of drug-likeness (QED) is 0.482. The fourth-order valence-electron chi connectivity index (χ4n) is 1.09. The van der Waals surface area contributed by atoms with Gasteiger partial charge in [-0.1, -0.05) is 13.3 Å². The van der Waals surface area contributed by atoms with Gasteiger partial charge in [-0.15, -0.1) is 0 Å². The van der Waals surface area contributed by atoms with Crippen LogP contribution in [0.25, 0.3) is 0 Å². The molecule has 0 fully saturated rings. The molecule has 0 aromatic heterocycles. The maximum atomic E-state index is 11.7. The molecule has 0 N–H and O–H groups in total. The van der Waals surface area contributed by atoms with Gasteiger partial charge in [0, 0.05) is 6.54 Å². The van der Waals surface area contributed by atoms with E-state index in [9.17, 15) is 9.59 Å². The van der Waals surface area contributed by atoms with Crippen molar-refractivity contribution < 1.29 is 14.3 Å². The molecule has 0 bridgehead atoms. The third kappa shape index (κ3) is 6.71. The third-order valence-electron chi connectivity index (χ3n) is 2.15. The van der Waals surface area contributed by atoms with Gasteiger partial charge in [0.1, 0.15) is 6.54 Å². The number of unbranched alkanes of at least 4 members (excludes halogenated alkanes) is 1. The zero-order chi connectivity index (χ0) is 12.4. The van der Waals surface area contributed by atoms with E-state index < -0.39 is 0 Å². The topological polar surface area (TPSA) is 46.6 Å². The van der Waals surface area contributed by atoms with Crippen molar-refractivity contribution in [2.45, 2.75) is 26.7 Å². The summed E-state index contributed by atoms with van der Waals surface area (Å²) in [6, 6.07) is 0. The number of hydrogen-bond donors (Lipinski definition) is 0. The smallest absolute Gasteiger partial charge is 0.325 e. The Kier molecular flexibility index (Phi) is 9.09. The van der Waals surface area contributed by atoms with Crippen LogP contribution in [0.1, 0.15) is 26.7 Å². The third-order valence-corrected chi connectivity index (χ3v) is 3.18. The van der Waals surface area contributed by atoms with Crippen molar-refractivity contribution in [2.75, 3.05) is 31.7 Å². The van der Waals surface area contributed by atoms with Gasteiger partial charge >= 0.3 is 5.97 Å². The van der Waals surface area contributed by atoms with E-state index in [1.165, 1.54) is 12.0 Å². The van der Waals surface area contributed by atoms with Crippen LogP contribution in [-0.2, 0) is 14.3 Å². The van der Waals surface area contributed by atoms with Gasteiger partial charge < -0.3 is 9.64 Å². The van der Waals surface area contributed by atoms with Crippen molar-refractivity contribution in [3.63, 3.8) is 0 Å². The minimum Gasteiger partial charge on any atom is -0.468 e. The lowest BCUT2D eigenvalue weighted by molar-refractivity contribution is -0.146. The van der Waals surface area contributed by atoms with Crippen molar-refractivity contribution in [3.05, 3.63) is 0 Å². The van der Waals surface area contributed by atoms with Crippen LogP contribution in [0.15, 0.2) is 0 Å². The van der Waals surface area contributed by atoms with Crippen LogP contribution in [0.5, 0.6) is 0 Å². The van der Waals surface area contributed by atoms with Gasteiger partial charge in [0.05, 0.1) is 12.9 Å². The van der Waals surface area contributed by atoms with Crippen LogP contribution < -0.4 is 0 Å². The van der Waals surface area contributed by atoms with E-state index in [-0.39, 0.29) is 18.4 Å². The fourth-order valence-corrected chi connectivity index (χ4v) is 2.09. The summed E-state index contributed by atoms with van der Waals surface area (Å²) < 4.78 is 4.54. The van der Waals surface area contributed by atoms with Crippen LogP contribution in [0, 0.1) is 0 Å². The summed E-state index contributed by atoms with van der Waals surface area (Å²) >= 11 is 1.62. The molecule has 0 heterocycles. The van der Waals surface area contributed by atoms with Crippen molar-refractivity contribution in [2.24, 2.45) is 0 Å². The molecule has 0 aromatic carbocycles. The first kappa shape index (κ1) is 15.3. The molecule has 0 atom stereocenters. The molecule has 0 aliphatic heterocycles. The molecule has 0 aromatic rings. The highest BCUT2D eigenvalue weighted by Crippen LogP contribution is 2.06. The summed E-state index contributed by atoms with van der Waals surface area (Å²) in [6.07, 6.45) is 2.27. The molecule has 0 rings (SSSR count). The molecular formula is C11H21NO3S. The van der Waals surface area contributed by atoms with Crippen molar-refractivity contribution in [1.29, 1.82) is 0 Å². The second-order valence-corrected chi connectivity index (χ2v) is 4.50. The minimum atomic E-state index is -0.367. The van der Waals surface area contributed by atoms with Crippen molar-refractivity contribution in [3.8, 4) is 0 Å². The molecule has 0 unspecified atom stereocenters. The Labute approximate surface area is 102 Å². The van der Waals surface area contributed by atoms with Crippen LogP contribution >= 0.6 is 11.8 Å². The number of hydrogen-bond acceptors (Lipinski definition) is 4. The minimum absolute atomic E-state index is 0.00834. The van der Waals surface area contributed by atoms with E-state index in [1.807, 2.05) is 6.92 Å². The molecule has 4 nitrogen and oxygen atoms in total. The number of nitrogens with zero attached hydrogens (tertiary/aromatic N) is 1. The highest BCUT2D eigenvalue weighted by atomic mass is 32.2. The molecule has 1 amide bonds. The number of rotatable bonds is 8. The maximum absolute atomic E-state index is 11.7. The van der Waals surface area contributed by atoms with Gasteiger partial charge in [-0.05, 0) is 19.1 Å². The summed E-state index contributed by atoms with van der Waals surface area (Å²) in [5, 5.41) is 0. The van der Waals surface area contributed by atoms with Crippen LogP contribution in [0.4, 0.5) is 0 Å². The van der Waals surface area contributed by atoms with Gasteiger partial charge in [-0.3, -0.25) is 9.59 Å². The number of methoxy groups -OCH3 is 1. The second kappa shape index (κ2) is 9.51. The highest BCUT2D eigenvalue weighted by molar-refractivity contribution is 7.99. The number of carbonyl (C=O) groups excluding carboxylic acids is 2. The highest BCUT2D eigenvalue weighted by Gasteiger charge is 2.15. The zero-order valence-electron chi connectivity index (χ0n) is 10.3. The second-order valence-electron chi connectivity index (χ2n) is 3.39. The van der Waals surface area contributed by atoms with Crippen molar-refractivity contribution in [1.82, 2.24) is 4.90 Å². The van der Waals surface area contributed by atoms with Crippen molar-refractivity contribution >= 4 is 23.6 Å². The van der Waals surface area contributed by atoms with Gasteiger partial charge in [0.25, 0.3) is 0 Å². The lowest BCUT2D eigenvalue weighted by atomic mass is 10.4. The molecule has 0 saturated heterocycles. The fraction of sp³-hybridized carbons (Fsp3) is 0.818. The predicted octanol–water partition coefficient (Wildman–Crippen LogP) is 1.54. The molecule has 5 heteroatoms. The number of ether oxygens (including phenoxy) is 1. The molecule has 0 saturated carbocycles. The molecule has 0 radical (unpaired) electrons. The van der Waals surface area contributed by atoms with E-state index in [4.69, 9.17) is 0 Å². The standard InChI is InChI=1S/C11H21NO3S/c1-4-6-7-16-9-10(13)12(5-2)8-11(14)15-3/h4-9H2,1-3H3. The summed E-state index contributed by atoms with van der Waals surface area (Å²) in [6.45, 7) is 4.58. The Bertz CT molecular complexity index is 221. The number of amides is 1. The van der Waals surface area contributed by atoms with Gasteiger partial charge in [-0.2, -0.15) is 11.8 Å². The first-order valence-corrected chi connectivity index (χ1v) is 6.73. The largest absolute Gasteiger partial charge is 0.468 e. The number of esters is 1. The number of thioether (sulfide) groups is 1. The SMILES string of the molecule is CCCCSCC(=O)N(CC)CC(=O)OC. The van der Waals surface area contributed by atoms with Gasteiger partial charge in [0.15, 0.2) is 0 Å². The van der Waals surface area contributed by atoms with Crippen LogP contribution in [0.2, 0.25) is 0 Å². The number of likely N-dealkylation sites (N-methyl/N-ethyl adjacent to an activating group) is 1. The Morgan fingerprint density at radius 2 is 2.00 bits per heavy atom. The van der Waals surface area contributed by atoms with E-state index in [2.05, 4.69) is 11.7 Å². The van der Waals surface area contributed by atoms with E-state index in [0.29, 0.717) is 12.3 Å². The Balaban J connectivity index is 3.87. The summed E-state index contributed by atoms with van der Waals surface area (Å²) in [7, 11) is 1.33. The molecule has 0 aliphatic rings. The number of carbonyl (C=O) groups is 2. The first-order chi connectivity index (χ1) is 7.65. The molecule has 0 spiro atoms. The van der Waals surface area contributed by atoms with E-state index >= 15 is 0 Å². The average Bonchev–Trinajstić information content (AvgIpc) is 2.30. The van der Waals surface area contributed by atoms with Gasteiger partial charge in [0.2, 0.25) is 5.91 Å². The van der Waals surface area contributed by atoms with Crippen LogP contribution in [-0.4, -0.2) is 48.5 Å². The van der Waals surface area contributed by atoms with E-state index in [1.54, 1.807) is 11.8 Å². The van der Waals surface area contributed by atoms with E-state index in [0.717, 1.165) is 18.6 Å². The lowest BCUT2D eigenvalue weighted by Gasteiger charge is -2.19. The predicted molar refractivity (Wildman–Crippen MR) is 66.5 cm³/mol. The zero-order valence-corrected chi connectivity index (χ0v) is 11.1. The molecular weight excluding hydrogens is 226 g/mol. The molecule has 16 heavy (non-hydrogen) atoms. The molecule has 94 valence electrons.